The molecular weight excluding hydrogens is 376 g/mol. The van der Waals surface area contributed by atoms with Gasteiger partial charge in [0.25, 0.3) is 5.91 Å². The highest BCUT2D eigenvalue weighted by Crippen LogP contribution is 2.33. The Kier molecular flexibility index (Phi) is 4.10. The minimum atomic E-state index is -0.946. The summed E-state index contributed by atoms with van der Waals surface area (Å²) in [5.74, 6) is -1.24. The van der Waals surface area contributed by atoms with E-state index in [-0.39, 0.29) is 5.91 Å². The average Bonchev–Trinajstić information content (AvgIpc) is 3.17. The van der Waals surface area contributed by atoms with E-state index < -0.39 is 12.0 Å². The summed E-state index contributed by atoms with van der Waals surface area (Å²) in [4.78, 5) is 30.3. The lowest BCUT2D eigenvalue weighted by molar-refractivity contribution is -0.141. The van der Waals surface area contributed by atoms with Gasteiger partial charge in [0.15, 0.2) is 0 Å². The number of carboxylic acids is 1. The van der Waals surface area contributed by atoms with Crippen LogP contribution in [0.3, 0.4) is 0 Å². The molecule has 0 spiro atoms. The SMILES string of the molecule is O=C(O)C1CCCN1C(=O)c1csc(-c2ccc(Br)s2)n1. The van der Waals surface area contributed by atoms with Gasteiger partial charge < -0.3 is 10.0 Å². The van der Waals surface area contributed by atoms with Crippen LogP contribution in [-0.4, -0.2) is 39.5 Å². The predicted octanol–water partition coefficient (Wildman–Crippen LogP) is 3.32. The van der Waals surface area contributed by atoms with Crippen molar-refractivity contribution < 1.29 is 14.7 Å². The zero-order valence-corrected chi connectivity index (χ0v) is 14.0. The Balaban J connectivity index is 1.83. The van der Waals surface area contributed by atoms with E-state index in [1.807, 2.05) is 12.1 Å². The molecule has 110 valence electrons. The monoisotopic (exact) mass is 386 g/mol. The second-order valence-electron chi connectivity index (χ2n) is 4.64. The van der Waals surface area contributed by atoms with E-state index in [0.717, 1.165) is 20.1 Å². The third kappa shape index (κ3) is 2.88. The van der Waals surface area contributed by atoms with E-state index in [4.69, 9.17) is 5.11 Å². The molecule has 5 nitrogen and oxygen atoms in total. The van der Waals surface area contributed by atoms with Crippen molar-refractivity contribution in [3.05, 3.63) is 27.0 Å². The van der Waals surface area contributed by atoms with E-state index >= 15 is 0 Å². The molecule has 1 saturated heterocycles. The molecule has 2 aromatic rings. The quantitative estimate of drug-likeness (QED) is 0.877. The Bertz CT molecular complexity index is 697. The maximum absolute atomic E-state index is 12.4. The van der Waals surface area contributed by atoms with Gasteiger partial charge in [-0.1, -0.05) is 0 Å². The Morgan fingerprint density at radius 2 is 2.24 bits per heavy atom. The van der Waals surface area contributed by atoms with Gasteiger partial charge in [-0.05, 0) is 40.9 Å². The van der Waals surface area contributed by atoms with E-state index in [1.54, 1.807) is 16.7 Å². The number of rotatable bonds is 3. The van der Waals surface area contributed by atoms with Crippen molar-refractivity contribution in [1.29, 1.82) is 0 Å². The highest BCUT2D eigenvalue weighted by Gasteiger charge is 2.35. The highest BCUT2D eigenvalue weighted by molar-refractivity contribution is 9.11. The molecule has 2 aromatic heterocycles. The molecule has 1 fully saturated rings. The minimum absolute atomic E-state index is 0.293. The maximum Gasteiger partial charge on any atom is 0.326 e. The summed E-state index contributed by atoms with van der Waals surface area (Å²) >= 11 is 6.34. The Morgan fingerprint density at radius 3 is 2.90 bits per heavy atom. The van der Waals surface area contributed by atoms with E-state index in [0.29, 0.717) is 18.7 Å². The van der Waals surface area contributed by atoms with Crippen LogP contribution in [0, 0.1) is 0 Å². The zero-order valence-electron chi connectivity index (χ0n) is 10.8. The fraction of sp³-hybridized carbons (Fsp3) is 0.308. The average molecular weight is 387 g/mol. The van der Waals surface area contributed by atoms with Gasteiger partial charge in [0.05, 0.1) is 8.66 Å². The Morgan fingerprint density at radius 1 is 1.43 bits per heavy atom. The van der Waals surface area contributed by atoms with E-state index in [1.165, 1.54) is 16.2 Å². The lowest BCUT2D eigenvalue weighted by atomic mass is 10.2. The molecule has 1 aliphatic heterocycles. The summed E-state index contributed by atoms with van der Waals surface area (Å²) in [7, 11) is 0. The van der Waals surface area contributed by atoms with Crippen LogP contribution in [0.1, 0.15) is 23.3 Å². The molecular formula is C13H11BrN2O3S2. The lowest BCUT2D eigenvalue weighted by Crippen LogP contribution is -2.40. The number of nitrogens with zero attached hydrogens (tertiary/aromatic N) is 2. The van der Waals surface area contributed by atoms with Gasteiger partial charge in [-0.2, -0.15) is 0 Å². The van der Waals surface area contributed by atoms with Crippen LogP contribution < -0.4 is 0 Å². The number of halogens is 1. The minimum Gasteiger partial charge on any atom is -0.480 e. The van der Waals surface area contributed by atoms with Gasteiger partial charge in [0, 0.05) is 11.9 Å². The number of thiophene rings is 1. The molecule has 0 radical (unpaired) electrons. The van der Waals surface area contributed by atoms with Crippen molar-refractivity contribution in [2.24, 2.45) is 0 Å². The number of hydrogen-bond acceptors (Lipinski definition) is 5. The molecule has 21 heavy (non-hydrogen) atoms. The van der Waals surface area contributed by atoms with E-state index in [2.05, 4.69) is 20.9 Å². The first kappa shape index (κ1) is 14.7. The van der Waals surface area contributed by atoms with Crippen LogP contribution in [-0.2, 0) is 4.79 Å². The molecule has 0 aliphatic carbocycles. The summed E-state index contributed by atoms with van der Waals surface area (Å²) in [6.45, 7) is 0.479. The molecule has 1 aliphatic rings. The van der Waals surface area contributed by atoms with Crippen molar-refractivity contribution >= 4 is 50.5 Å². The van der Waals surface area contributed by atoms with Gasteiger partial charge in [-0.3, -0.25) is 4.79 Å². The fourth-order valence-electron chi connectivity index (χ4n) is 2.33. The number of carbonyl (C=O) groups is 2. The van der Waals surface area contributed by atoms with Crippen molar-refractivity contribution in [2.45, 2.75) is 18.9 Å². The van der Waals surface area contributed by atoms with Crippen LogP contribution in [0.2, 0.25) is 0 Å². The van der Waals surface area contributed by atoms with Crippen molar-refractivity contribution in [3.63, 3.8) is 0 Å². The first-order chi connectivity index (χ1) is 10.1. The number of thiazole rings is 1. The molecule has 0 saturated carbocycles. The van der Waals surface area contributed by atoms with Crippen LogP contribution in [0.25, 0.3) is 9.88 Å². The number of amides is 1. The fourth-order valence-corrected chi connectivity index (χ4v) is 4.58. The van der Waals surface area contributed by atoms with Gasteiger partial charge in [-0.15, -0.1) is 22.7 Å². The van der Waals surface area contributed by atoms with Crippen LogP contribution in [0.4, 0.5) is 0 Å². The van der Waals surface area contributed by atoms with Gasteiger partial charge in [-0.25, -0.2) is 9.78 Å². The number of aromatic nitrogens is 1. The molecule has 0 bridgehead atoms. The topological polar surface area (TPSA) is 70.5 Å². The molecule has 8 heteroatoms. The lowest BCUT2D eigenvalue weighted by Gasteiger charge is -2.20. The van der Waals surface area contributed by atoms with Gasteiger partial charge in [0.1, 0.15) is 16.7 Å². The molecule has 1 atom stereocenters. The third-order valence-corrected chi connectivity index (χ3v) is 5.94. The standard InChI is InChI=1S/C13H11BrN2O3S2/c14-10-4-3-9(21-10)11-15-7(6-20-11)12(17)16-5-1-2-8(16)13(18)19/h3-4,6,8H,1-2,5H2,(H,18,19). The van der Waals surface area contributed by atoms with Crippen molar-refractivity contribution in [3.8, 4) is 9.88 Å². The first-order valence-corrected chi connectivity index (χ1v) is 8.80. The summed E-state index contributed by atoms with van der Waals surface area (Å²) < 4.78 is 1.01. The first-order valence-electron chi connectivity index (χ1n) is 6.31. The summed E-state index contributed by atoms with van der Waals surface area (Å²) in [6, 6.07) is 3.15. The maximum atomic E-state index is 12.4. The van der Waals surface area contributed by atoms with Gasteiger partial charge >= 0.3 is 5.97 Å². The smallest absolute Gasteiger partial charge is 0.326 e. The molecule has 3 heterocycles. The van der Waals surface area contributed by atoms with Crippen LogP contribution in [0.5, 0.6) is 0 Å². The second kappa shape index (κ2) is 5.86. The molecule has 0 aromatic carbocycles. The Labute approximate surface area is 137 Å². The summed E-state index contributed by atoms with van der Waals surface area (Å²) in [6.07, 6.45) is 1.23. The molecule has 3 rings (SSSR count). The molecule has 1 N–H and O–H groups in total. The normalized spacial score (nSPS) is 18.1. The number of likely N-dealkylation sites (tertiary alicyclic amines) is 1. The number of aliphatic carboxylic acids is 1. The molecule has 1 unspecified atom stereocenters. The van der Waals surface area contributed by atoms with Crippen LogP contribution >= 0.6 is 38.6 Å². The van der Waals surface area contributed by atoms with Crippen molar-refractivity contribution in [2.75, 3.05) is 6.54 Å². The number of hydrogen-bond donors (Lipinski definition) is 1. The largest absolute Gasteiger partial charge is 0.480 e. The third-order valence-electron chi connectivity index (χ3n) is 3.31. The number of carboxylic acid groups (broad SMARTS) is 1. The van der Waals surface area contributed by atoms with Crippen LogP contribution in [0.15, 0.2) is 21.3 Å². The summed E-state index contributed by atoms with van der Waals surface area (Å²) in [5, 5.41) is 11.6. The Hall–Kier alpha value is -1.25. The zero-order chi connectivity index (χ0) is 15.0. The van der Waals surface area contributed by atoms with E-state index in [9.17, 15) is 9.59 Å². The molecule has 1 amide bonds. The van der Waals surface area contributed by atoms with Gasteiger partial charge in [0.2, 0.25) is 0 Å². The highest BCUT2D eigenvalue weighted by atomic mass is 79.9. The van der Waals surface area contributed by atoms with Crippen molar-refractivity contribution in [1.82, 2.24) is 9.88 Å². The number of carbonyl (C=O) groups excluding carboxylic acids is 1. The second-order valence-corrected chi connectivity index (χ2v) is 7.96. The summed E-state index contributed by atoms with van der Waals surface area (Å²) in [5.41, 5.74) is 0.327. The predicted molar refractivity (Wildman–Crippen MR) is 84.8 cm³/mol.